The molecule has 8 heteroatoms. The minimum Gasteiger partial charge on any atom is -0.444 e. The molecule has 142 valence electrons. The lowest BCUT2D eigenvalue weighted by molar-refractivity contribution is -0.127. The number of nitrogens with zero attached hydrogens (tertiary/aromatic N) is 1. The summed E-state index contributed by atoms with van der Waals surface area (Å²) >= 11 is 0. The highest BCUT2D eigenvalue weighted by molar-refractivity contribution is 5.87. The van der Waals surface area contributed by atoms with E-state index in [1.807, 2.05) is 45.0 Å². The second-order valence-electron chi connectivity index (χ2n) is 6.27. The first-order valence-electron chi connectivity index (χ1n) is 8.18. The van der Waals surface area contributed by atoms with Crippen LogP contribution >= 0.6 is 12.4 Å². The molecule has 0 aliphatic heterocycles. The van der Waals surface area contributed by atoms with Crippen LogP contribution in [0.2, 0.25) is 0 Å². The summed E-state index contributed by atoms with van der Waals surface area (Å²) in [5.41, 5.74) is 8.35. The molecule has 1 aromatic carbocycles. The average Bonchev–Trinajstić information content (AvgIpc) is 3.06. The Bertz CT molecular complexity index is 728. The van der Waals surface area contributed by atoms with Crippen molar-refractivity contribution < 1.29 is 14.0 Å². The number of amides is 2. The van der Waals surface area contributed by atoms with Gasteiger partial charge in [0.1, 0.15) is 6.26 Å². The van der Waals surface area contributed by atoms with Gasteiger partial charge in [0.25, 0.3) is 0 Å². The number of halogens is 1. The number of aryl methyl sites for hydroxylation is 1. The van der Waals surface area contributed by atoms with E-state index in [0.717, 1.165) is 11.1 Å². The molecule has 0 saturated heterocycles. The molecule has 26 heavy (non-hydrogen) atoms. The highest BCUT2D eigenvalue weighted by Crippen LogP contribution is 2.18. The molecular formula is C18H25ClN4O3. The van der Waals surface area contributed by atoms with Gasteiger partial charge >= 0.3 is 0 Å². The van der Waals surface area contributed by atoms with Gasteiger partial charge in [-0.1, -0.05) is 31.5 Å². The summed E-state index contributed by atoms with van der Waals surface area (Å²) in [6, 6.07) is 7.19. The summed E-state index contributed by atoms with van der Waals surface area (Å²) in [7, 11) is 0. The number of carbonyl (C=O) groups excluding carboxylic acids is 2. The molecule has 2 aromatic rings. The molecular weight excluding hydrogens is 356 g/mol. The van der Waals surface area contributed by atoms with Crippen LogP contribution in [0.25, 0.3) is 11.5 Å². The van der Waals surface area contributed by atoms with Crippen LogP contribution in [-0.4, -0.2) is 29.4 Å². The quantitative estimate of drug-likeness (QED) is 0.678. The summed E-state index contributed by atoms with van der Waals surface area (Å²) in [6.45, 7) is 5.80. The van der Waals surface area contributed by atoms with Gasteiger partial charge in [0.2, 0.25) is 17.7 Å². The summed E-state index contributed by atoms with van der Waals surface area (Å²) in [5.74, 6) is -0.142. The second kappa shape index (κ2) is 9.94. The van der Waals surface area contributed by atoms with Gasteiger partial charge in [-0.25, -0.2) is 4.98 Å². The van der Waals surface area contributed by atoms with Crippen molar-refractivity contribution in [2.75, 3.05) is 6.54 Å². The number of rotatable bonds is 7. The number of aromatic nitrogens is 1. The highest BCUT2D eigenvalue weighted by atomic mass is 35.5. The van der Waals surface area contributed by atoms with Gasteiger partial charge in [0.05, 0.1) is 24.8 Å². The number of carbonyl (C=O) groups is 2. The Balaban J connectivity index is 0.00000338. The Morgan fingerprint density at radius 3 is 2.46 bits per heavy atom. The van der Waals surface area contributed by atoms with Crippen molar-refractivity contribution in [1.82, 2.24) is 15.6 Å². The molecule has 0 aliphatic rings. The van der Waals surface area contributed by atoms with Crippen molar-refractivity contribution in [2.24, 2.45) is 11.7 Å². The van der Waals surface area contributed by atoms with Gasteiger partial charge in [-0.05, 0) is 25.0 Å². The van der Waals surface area contributed by atoms with Crippen LogP contribution in [0.5, 0.6) is 0 Å². The van der Waals surface area contributed by atoms with Crippen molar-refractivity contribution in [3.63, 3.8) is 0 Å². The fraction of sp³-hybridized carbons (Fsp3) is 0.389. The zero-order valence-corrected chi connectivity index (χ0v) is 15.9. The minimum atomic E-state index is -0.625. The van der Waals surface area contributed by atoms with Crippen molar-refractivity contribution >= 4 is 24.2 Å². The maximum Gasteiger partial charge on any atom is 0.239 e. The van der Waals surface area contributed by atoms with E-state index in [1.165, 1.54) is 6.26 Å². The van der Waals surface area contributed by atoms with Crippen molar-refractivity contribution in [3.8, 4) is 11.5 Å². The van der Waals surface area contributed by atoms with Crippen LogP contribution in [-0.2, 0) is 16.1 Å². The number of benzene rings is 1. The van der Waals surface area contributed by atoms with E-state index in [9.17, 15) is 9.59 Å². The van der Waals surface area contributed by atoms with E-state index in [0.29, 0.717) is 11.6 Å². The van der Waals surface area contributed by atoms with Gasteiger partial charge in [-0.2, -0.15) is 0 Å². The molecule has 2 rings (SSSR count). The third-order valence-corrected chi connectivity index (χ3v) is 3.76. The second-order valence-corrected chi connectivity index (χ2v) is 6.27. The van der Waals surface area contributed by atoms with E-state index in [1.54, 1.807) is 0 Å². The molecule has 4 N–H and O–H groups in total. The molecule has 0 aliphatic carbocycles. The van der Waals surface area contributed by atoms with E-state index >= 15 is 0 Å². The Morgan fingerprint density at radius 1 is 1.19 bits per heavy atom. The number of nitrogens with one attached hydrogen (secondary N) is 2. The van der Waals surface area contributed by atoms with Gasteiger partial charge in [0, 0.05) is 5.56 Å². The fourth-order valence-electron chi connectivity index (χ4n) is 2.06. The number of hydrogen-bond donors (Lipinski definition) is 3. The Labute approximate surface area is 159 Å². The zero-order chi connectivity index (χ0) is 18.4. The lowest BCUT2D eigenvalue weighted by Crippen LogP contribution is -2.47. The molecule has 0 radical (unpaired) electrons. The monoisotopic (exact) mass is 380 g/mol. The zero-order valence-electron chi connectivity index (χ0n) is 15.1. The molecule has 0 saturated carbocycles. The van der Waals surface area contributed by atoms with E-state index in [4.69, 9.17) is 10.2 Å². The van der Waals surface area contributed by atoms with Gasteiger partial charge in [-0.15, -0.1) is 12.4 Å². The maximum atomic E-state index is 11.8. The fourth-order valence-corrected chi connectivity index (χ4v) is 2.06. The predicted molar refractivity (Wildman–Crippen MR) is 102 cm³/mol. The van der Waals surface area contributed by atoms with Crippen LogP contribution in [0, 0.1) is 12.8 Å². The van der Waals surface area contributed by atoms with Crippen molar-refractivity contribution in [3.05, 3.63) is 41.8 Å². The molecule has 0 unspecified atom stereocenters. The standard InChI is InChI=1S/C18H24N4O3.ClH/c1-11(2)16(19)17(24)21-9-15(23)20-8-14-10-25-18(22-14)13-6-4-12(3)5-7-13;/h4-7,10-11,16H,8-9,19H2,1-3H3,(H,20,23)(H,21,24);1H/t16-;/m0./s1. The third-order valence-electron chi connectivity index (χ3n) is 3.76. The lowest BCUT2D eigenvalue weighted by Gasteiger charge is -2.14. The molecule has 0 spiro atoms. The van der Waals surface area contributed by atoms with E-state index in [2.05, 4.69) is 15.6 Å². The number of oxazole rings is 1. The Hall–Kier alpha value is -2.38. The van der Waals surface area contributed by atoms with Gasteiger partial charge < -0.3 is 20.8 Å². The molecule has 7 nitrogen and oxygen atoms in total. The summed E-state index contributed by atoms with van der Waals surface area (Å²) in [4.78, 5) is 27.8. The van der Waals surface area contributed by atoms with Crippen molar-refractivity contribution in [2.45, 2.75) is 33.4 Å². The Morgan fingerprint density at radius 2 is 1.85 bits per heavy atom. The third kappa shape index (κ3) is 6.16. The normalized spacial score (nSPS) is 11.6. The molecule has 1 atom stereocenters. The first-order valence-corrected chi connectivity index (χ1v) is 8.18. The van der Waals surface area contributed by atoms with Crippen LogP contribution in [0.4, 0.5) is 0 Å². The summed E-state index contributed by atoms with van der Waals surface area (Å²) in [6.07, 6.45) is 1.50. The maximum absolute atomic E-state index is 11.8. The van der Waals surface area contributed by atoms with E-state index < -0.39 is 6.04 Å². The molecule has 0 fully saturated rings. The smallest absolute Gasteiger partial charge is 0.239 e. The Kier molecular flexibility index (Phi) is 8.28. The van der Waals surface area contributed by atoms with E-state index in [-0.39, 0.29) is 43.2 Å². The highest BCUT2D eigenvalue weighted by Gasteiger charge is 2.17. The molecule has 1 heterocycles. The van der Waals surface area contributed by atoms with Gasteiger partial charge in [-0.3, -0.25) is 9.59 Å². The molecule has 1 aromatic heterocycles. The van der Waals surface area contributed by atoms with Crippen LogP contribution < -0.4 is 16.4 Å². The predicted octanol–water partition coefficient (Wildman–Crippen LogP) is 1.79. The van der Waals surface area contributed by atoms with Crippen LogP contribution in [0.3, 0.4) is 0 Å². The SMILES string of the molecule is Cc1ccc(-c2nc(CNC(=O)CNC(=O)[C@@H](N)C(C)C)co2)cc1.Cl. The number of nitrogens with two attached hydrogens (primary N) is 1. The van der Waals surface area contributed by atoms with Crippen LogP contribution in [0.1, 0.15) is 25.1 Å². The number of hydrogen-bond acceptors (Lipinski definition) is 5. The lowest BCUT2D eigenvalue weighted by atomic mass is 10.1. The van der Waals surface area contributed by atoms with Crippen molar-refractivity contribution in [1.29, 1.82) is 0 Å². The largest absolute Gasteiger partial charge is 0.444 e. The summed E-state index contributed by atoms with van der Waals surface area (Å²) in [5, 5.41) is 5.20. The topological polar surface area (TPSA) is 110 Å². The molecule has 0 bridgehead atoms. The summed E-state index contributed by atoms with van der Waals surface area (Å²) < 4.78 is 5.43. The van der Waals surface area contributed by atoms with Gasteiger partial charge in [0.15, 0.2) is 0 Å². The van der Waals surface area contributed by atoms with Crippen LogP contribution in [0.15, 0.2) is 34.9 Å². The first-order chi connectivity index (χ1) is 11.9. The minimum absolute atomic E-state index is 0. The average molecular weight is 381 g/mol. The first kappa shape index (κ1) is 21.7. The molecule has 2 amide bonds.